The third-order valence-corrected chi connectivity index (χ3v) is 3.51. The zero-order valence-electron chi connectivity index (χ0n) is 10.9. The van der Waals surface area contributed by atoms with Gasteiger partial charge >= 0.3 is 0 Å². The van der Waals surface area contributed by atoms with Crippen LogP contribution in [-0.4, -0.2) is 5.16 Å². The fourth-order valence-electron chi connectivity index (χ4n) is 1.99. The van der Waals surface area contributed by atoms with E-state index in [1.165, 1.54) is 0 Å². The van der Waals surface area contributed by atoms with E-state index in [0.29, 0.717) is 16.6 Å². The molecule has 1 aromatic heterocycles. The first-order valence-electron chi connectivity index (χ1n) is 6.20. The topological polar surface area (TPSA) is 38.1 Å². The Bertz CT molecular complexity index is 554. The van der Waals surface area contributed by atoms with E-state index in [2.05, 4.69) is 17.4 Å². The van der Waals surface area contributed by atoms with Crippen molar-refractivity contribution in [1.82, 2.24) is 10.5 Å². The van der Waals surface area contributed by atoms with Crippen LogP contribution in [0.4, 0.5) is 0 Å². The molecule has 0 saturated carbocycles. The molecule has 2 aromatic rings. The highest BCUT2D eigenvalue weighted by molar-refractivity contribution is 6.35. The maximum absolute atomic E-state index is 6.23. The summed E-state index contributed by atoms with van der Waals surface area (Å²) in [5.74, 6) is 0.814. The zero-order chi connectivity index (χ0) is 13.8. The zero-order valence-corrected chi connectivity index (χ0v) is 12.4. The molecule has 1 N–H and O–H groups in total. The molecule has 0 fully saturated rings. The summed E-state index contributed by atoms with van der Waals surface area (Å²) >= 11 is 12.1. The first-order chi connectivity index (χ1) is 9.10. The van der Waals surface area contributed by atoms with Crippen molar-refractivity contribution in [3.63, 3.8) is 0 Å². The SMILES string of the molecule is CCC(NCc1cc(C)on1)c1ccc(Cl)cc1Cl. The summed E-state index contributed by atoms with van der Waals surface area (Å²) in [5, 5.41) is 8.72. The average molecular weight is 299 g/mol. The van der Waals surface area contributed by atoms with Crippen molar-refractivity contribution >= 4 is 23.2 Å². The van der Waals surface area contributed by atoms with Crippen LogP contribution in [-0.2, 0) is 6.54 Å². The summed E-state index contributed by atoms with van der Waals surface area (Å²) in [6.45, 7) is 4.63. The van der Waals surface area contributed by atoms with Crippen LogP contribution < -0.4 is 5.32 Å². The predicted octanol–water partition coefficient (Wildman–Crippen LogP) is 4.53. The summed E-state index contributed by atoms with van der Waals surface area (Å²) in [7, 11) is 0. The minimum Gasteiger partial charge on any atom is -0.361 e. The molecule has 0 aliphatic rings. The number of hydrogen-bond donors (Lipinski definition) is 1. The monoisotopic (exact) mass is 298 g/mol. The summed E-state index contributed by atoms with van der Waals surface area (Å²) in [6.07, 6.45) is 0.929. The molecular formula is C14H16Cl2N2O. The van der Waals surface area contributed by atoms with Gasteiger partial charge < -0.3 is 9.84 Å². The Hall–Kier alpha value is -1.03. The molecule has 0 radical (unpaired) electrons. The minimum absolute atomic E-state index is 0.168. The van der Waals surface area contributed by atoms with Crippen molar-refractivity contribution in [3.05, 3.63) is 51.3 Å². The quantitative estimate of drug-likeness (QED) is 0.881. The number of aryl methyl sites for hydroxylation is 1. The van der Waals surface area contributed by atoms with Crippen molar-refractivity contribution in [3.8, 4) is 0 Å². The summed E-state index contributed by atoms with van der Waals surface area (Å²) in [5.41, 5.74) is 1.94. The fourth-order valence-corrected chi connectivity index (χ4v) is 2.53. The highest BCUT2D eigenvalue weighted by Crippen LogP contribution is 2.28. The van der Waals surface area contributed by atoms with Gasteiger partial charge in [0, 0.05) is 28.7 Å². The Morgan fingerprint density at radius 1 is 1.32 bits per heavy atom. The van der Waals surface area contributed by atoms with E-state index in [-0.39, 0.29) is 6.04 Å². The molecule has 5 heteroatoms. The molecule has 1 aromatic carbocycles. The lowest BCUT2D eigenvalue weighted by Gasteiger charge is -2.18. The van der Waals surface area contributed by atoms with E-state index in [9.17, 15) is 0 Å². The molecule has 3 nitrogen and oxygen atoms in total. The molecule has 0 saturated heterocycles. The Kier molecular flexibility index (Phi) is 4.86. The Balaban J connectivity index is 2.07. The molecule has 1 atom stereocenters. The van der Waals surface area contributed by atoms with E-state index in [1.807, 2.05) is 25.1 Å². The number of nitrogens with zero attached hydrogens (tertiary/aromatic N) is 1. The van der Waals surface area contributed by atoms with E-state index < -0.39 is 0 Å². The lowest BCUT2D eigenvalue weighted by atomic mass is 10.0. The summed E-state index contributed by atoms with van der Waals surface area (Å²) < 4.78 is 5.04. The summed E-state index contributed by atoms with van der Waals surface area (Å²) in [6, 6.07) is 7.67. The van der Waals surface area contributed by atoms with E-state index >= 15 is 0 Å². The van der Waals surface area contributed by atoms with Gasteiger partial charge in [-0.25, -0.2) is 0 Å². The molecule has 19 heavy (non-hydrogen) atoms. The molecule has 2 rings (SSSR count). The van der Waals surface area contributed by atoms with Crippen molar-refractivity contribution in [2.24, 2.45) is 0 Å². The van der Waals surface area contributed by atoms with Crippen LogP contribution in [0.1, 0.15) is 36.4 Å². The molecule has 102 valence electrons. The van der Waals surface area contributed by atoms with E-state index in [0.717, 1.165) is 23.4 Å². The van der Waals surface area contributed by atoms with Crippen LogP contribution in [0.25, 0.3) is 0 Å². The normalized spacial score (nSPS) is 12.6. The number of aromatic nitrogens is 1. The number of benzene rings is 1. The van der Waals surface area contributed by atoms with Gasteiger partial charge in [0.15, 0.2) is 0 Å². The van der Waals surface area contributed by atoms with Gasteiger partial charge in [0.2, 0.25) is 0 Å². The maximum atomic E-state index is 6.23. The first-order valence-corrected chi connectivity index (χ1v) is 6.96. The predicted molar refractivity (Wildman–Crippen MR) is 77.6 cm³/mol. The Morgan fingerprint density at radius 2 is 2.11 bits per heavy atom. The van der Waals surface area contributed by atoms with Crippen LogP contribution in [0.5, 0.6) is 0 Å². The highest BCUT2D eigenvalue weighted by atomic mass is 35.5. The molecule has 0 aliphatic heterocycles. The van der Waals surface area contributed by atoms with Gasteiger partial charge in [0.25, 0.3) is 0 Å². The van der Waals surface area contributed by atoms with Crippen LogP contribution in [0, 0.1) is 6.92 Å². The van der Waals surface area contributed by atoms with Crippen LogP contribution >= 0.6 is 23.2 Å². The van der Waals surface area contributed by atoms with Crippen molar-refractivity contribution in [2.45, 2.75) is 32.9 Å². The van der Waals surface area contributed by atoms with Crippen LogP contribution in [0.15, 0.2) is 28.8 Å². The van der Waals surface area contributed by atoms with Gasteiger partial charge in [-0.15, -0.1) is 0 Å². The third kappa shape index (κ3) is 3.72. The smallest absolute Gasteiger partial charge is 0.133 e. The van der Waals surface area contributed by atoms with Gasteiger partial charge in [0.05, 0.1) is 5.69 Å². The average Bonchev–Trinajstić information content (AvgIpc) is 2.78. The lowest BCUT2D eigenvalue weighted by molar-refractivity contribution is 0.385. The molecule has 0 aliphatic carbocycles. The Morgan fingerprint density at radius 3 is 2.68 bits per heavy atom. The lowest BCUT2D eigenvalue weighted by Crippen LogP contribution is -2.20. The largest absolute Gasteiger partial charge is 0.361 e. The maximum Gasteiger partial charge on any atom is 0.133 e. The highest BCUT2D eigenvalue weighted by Gasteiger charge is 2.13. The molecule has 1 heterocycles. The number of hydrogen-bond acceptors (Lipinski definition) is 3. The number of halogens is 2. The first kappa shape index (κ1) is 14.4. The van der Waals surface area contributed by atoms with Gasteiger partial charge in [-0.3, -0.25) is 0 Å². The molecule has 0 bridgehead atoms. The number of nitrogens with one attached hydrogen (secondary N) is 1. The van der Waals surface area contributed by atoms with E-state index in [1.54, 1.807) is 6.07 Å². The van der Waals surface area contributed by atoms with Crippen molar-refractivity contribution in [1.29, 1.82) is 0 Å². The molecule has 0 spiro atoms. The van der Waals surface area contributed by atoms with E-state index in [4.69, 9.17) is 27.7 Å². The fraction of sp³-hybridized carbons (Fsp3) is 0.357. The molecular weight excluding hydrogens is 283 g/mol. The van der Waals surface area contributed by atoms with Gasteiger partial charge in [-0.05, 0) is 31.0 Å². The second-order valence-corrected chi connectivity index (χ2v) is 5.28. The third-order valence-electron chi connectivity index (χ3n) is 2.95. The van der Waals surface area contributed by atoms with Crippen LogP contribution in [0.3, 0.4) is 0 Å². The van der Waals surface area contributed by atoms with Gasteiger partial charge in [-0.2, -0.15) is 0 Å². The summed E-state index contributed by atoms with van der Waals surface area (Å²) in [4.78, 5) is 0. The van der Waals surface area contributed by atoms with Gasteiger partial charge in [0.1, 0.15) is 5.76 Å². The second-order valence-electron chi connectivity index (χ2n) is 4.44. The molecule has 0 amide bonds. The standard InChI is InChI=1S/C14H16Cl2N2O/c1-3-14(12-5-4-10(15)7-13(12)16)17-8-11-6-9(2)19-18-11/h4-7,14,17H,3,8H2,1-2H3. The van der Waals surface area contributed by atoms with Crippen LogP contribution in [0.2, 0.25) is 10.0 Å². The van der Waals surface area contributed by atoms with Gasteiger partial charge in [-0.1, -0.05) is 41.3 Å². The molecule has 1 unspecified atom stereocenters. The second kappa shape index (κ2) is 6.42. The Labute approximate surface area is 122 Å². The minimum atomic E-state index is 0.168. The van der Waals surface area contributed by atoms with Crippen molar-refractivity contribution < 1.29 is 4.52 Å². The van der Waals surface area contributed by atoms with Crippen molar-refractivity contribution in [2.75, 3.05) is 0 Å². The number of rotatable bonds is 5.